The van der Waals surface area contributed by atoms with E-state index in [9.17, 15) is 23.5 Å². The Morgan fingerprint density at radius 3 is 2.46 bits per heavy atom. The van der Waals surface area contributed by atoms with Gasteiger partial charge in [-0.25, -0.2) is 27.5 Å². The molecule has 12 rings (SSSR count). The molecule has 4 aromatic carbocycles. The quantitative estimate of drug-likeness (QED) is 0.0509. The maximum atomic E-state index is 15.2. The number of benzene rings is 4. The lowest BCUT2D eigenvalue weighted by Gasteiger charge is -2.57. The predicted molar refractivity (Wildman–Crippen MR) is 323 cm³/mol. The van der Waals surface area contributed by atoms with Crippen molar-refractivity contribution in [3.05, 3.63) is 130 Å². The number of rotatable bonds is 18. The maximum Gasteiger partial charge on any atom is 0.268 e. The molecule has 5 fully saturated rings. The standard InChI is InChI=1S/C65H80FN9O8S/c1-7-82-63-57(31-51-52(66)18-19-53(51)70-63)83-56-30-44(14-17-50(56)62(76)71-84(79,80)58-32-55(72(5)78)59(61-60(58)68-39-69-61)67-35-41-20-22-64(4,77)23-21-41)73-26-24-65(25-27-73)33-46(34-65)75-38-45-28-43(29-54(75)49-11-9-8-10-48(49)40(2)3)37-74(45)36-42-12-15-47(81-6)16-13-42/h8-18,30-32,39-41,43,45-46,54,67,72,77H,7,19-29,33-38H2,1-6H3,(H,68,69)(H,71,76)/t41?,43?,45?,54-,64?/m0/s1. The fraction of sp³-hybridized carbons (Fsp3) is 0.492. The van der Waals surface area contributed by atoms with E-state index in [0.29, 0.717) is 66.2 Å². The van der Waals surface area contributed by atoms with E-state index in [1.807, 2.05) is 13.0 Å². The largest absolute Gasteiger partial charge is 0.629 e. The number of amides is 1. The van der Waals surface area contributed by atoms with Crippen molar-refractivity contribution < 1.29 is 42.0 Å². The zero-order valence-corrected chi connectivity index (χ0v) is 50.0. The molecule has 2 bridgehead atoms. The van der Waals surface area contributed by atoms with Gasteiger partial charge in [-0.15, -0.1) is 0 Å². The highest BCUT2D eigenvalue weighted by Crippen LogP contribution is 2.55. The average Bonchev–Trinajstić information content (AvgIpc) is 2.18. The molecule has 5 heterocycles. The number of methoxy groups -OCH3 is 1. The number of hydroxylamine groups is 1. The first-order valence-electron chi connectivity index (χ1n) is 30.2. The minimum Gasteiger partial charge on any atom is -0.629 e. The Morgan fingerprint density at radius 2 is 1.74 bits per heavy atom. The number of anilines is 2. The lowest BCUT2D eigenvalue weighted by atomic mass is 9.59. The van der Waals surface area contributed by atoms with Crippen molar-refractivity contribution >= 4 is 49.9 Å². The number of aromatic amines is 1. The van der Waals surface area contributed by atoms with E-state index in [4.69, 9.17) is 14.2 Å². The Kier molecular flexibility index (Phi) is 16.1. The van der Waals surface area contributed by atoms with E-state index in [0.717, 1.165) is 89.1 Å². The van der Waals surface area contributed by atoms with Gasteiger partial charge in [0.1, 0.15) is 33.4 Å². The van der Waals surface area contributed by atoms with E-state index in [2.05, 4.69) is 102 Å². The number of hydrogen-bond donors (Lipinski definition) is 5. The van der Waals surface area contributed by atoms with E-state index in [-0.39, 0.29) is 74.0 Å². The molecule has 2 aromatic heterocycles. The van der Waals surface area contributed by atoms with Crippen LogP contribution in [-0.2, 0) is 23.0 Å². The van der Waals surface area contributed by atoms with Gasteiger partial charge in [0, 0.05) is 87.2 Å². The van der Waals surface area contributed by atoms with Crippen molar-refractivity contribution in [1.29, 1.82) is 0 Å². The number of hydrogen-bond acceptors (Lipinski definition) is 14. The second-order valence-electron chi connectivity index (χ2n) is 25.3. The summed E-state index contributed by atoms with van der Waals surface area (Å²) < 4.78 is 64.7. The summed E-state index contributed by atoms with van der Waals surface area (Å²) in [5, 5.41) is 26.8. The number of nitrogens with one attached hydrogen (secondary N) is 4. The molecule has 6 aliphatic rings. The molecule has 4 atom stereocenters. The van der Waals surface area contributed by atoms with Gasteiger partial charge in [-0.05, 0) is 154 Å². The summed E-state index contributed by atoms with van der Waals surface area (Å²) in [5.41, 5.74) is 6.02. The summed E-state index contributed by atoms with van der Waals surface area (Å²) in [5.74, 6) is 0.909. The van der Waals surface area contributed by atoms with Crippen LogP contribution in [0.4, 0.5) is 21.5 Å². The third-order valence-electron chi connectivity index (χ3n) is 19.3. The van der Waals surface area contributed by atoms with Gasteiger partial charge in [0.15, 0.2) is 11.4 Å². The number of fused-ring (bicyclic) bond motifs is 4. The van der Waals surface area contributed by atoms with Crippen LogP contribution in [-0.4, -0.2) is 115 Å². The lowest BCUT2D eigenvalue weighted by molar-refractivity contribution is -0.750. The second kappa shape index (κ2) is 23.3. The topological polar surface area (TPSA) is 202 Å². The molecule has 3 saturated heterocycles. The van der Waals surface area contributed by atoms with Crippen LogP contribution in [0.15, 0.2) is 96.2 Å². The normalized spacial score (nSPS) is 23.9. The van der Waals surface area contributed by atoms with Gasteiger partial charge in [0.25, 0.3) is 21.8 Å². The zero-order chi connectivity index (χ0) is 58.7. The summed E-state index contributed by atoms with van der Waals surface area (Å²) in [7, 11) is -1.64. The molecule has 2 saturated carbocycles. The van der Waals surface area contributed by atoms with Gasteiger partial charge in [0.05, 0.1) is 49.5 Å². The van der Waals surface area contributed by atoms with Crippen molar-refractivity contribution in [3.8, 4) is 23.1 Å². The number of allylic oxidation sites excluding steroid dienone is 1. The fourth-order valence-corrected chi connectivity index (χ4v) is 15.8. The van der Waals surface area contributed by atoms with Crippen LogP contribution >= 0.6 is 0 Å². The first-order valence-corrected chi connectivity index (χ1v) is 31.7. The van der Waals surface area contributed by atoms with Crippen molar-refractivity contribution in [2.24, 2.45) is 17.3 Å². The Morgan fingerprint density at radius 1 is 0.976 bits per heavy atom. The highest BCUT2D eigenvalue weighted by molar-refractivity contribution is 7.90. The molecule has 84 heavy (non-hydrogen) atoms. The van der Waals surface area contributed by atoms with Crippen LogP contribution in [0.1, 0.15) is 142 Å². The molecule has 446 valence electrons. The van der Waals surface area contributed by atoms with Crippen molar-refractivity contribution in [2.75, 3.05) is 63.7 Å². The number of likely N-dealkylation sites (tertiary alicyclic amines) is 2. The molecule has 6 aromatic rings. The van der Waals surface area contributed by atoms with Crippen LogP contribution in [0.2, 0.25) is 0 Å². The SMILES string of the molecule is CCOc1nc2c(cc1Oc1cc(N3CCC4(CC3)CC(N3CC5CC(C[C@H]3c3ccccc3C(C)C)CN5Cc3ccc(OC)cc3)C4)ccc1C(=O)NS(=O)(=O)c1cc([NH+](C)[O-])c(NCC3CCC(C)(O)CC3)c3[nH]cnc13)C(F)=CC2. The van der Waals surface area contributed by atoms with Crippen LogP contribution in [0, 0.1) is 22.5 Å². The van der Waals surface area contributed by atoms with E-state index >= 15 is 4.39 Å². The molecule has 17 nitrogen and oxygen atoms in total. The number of imidazole rings is 1. The smallest absolute Gasteiger partial charge is 0.268 e. The minimum atomic E-state index is -4.71. The van der Waals surface area contributed by atoms with Gasteiger partial charge >= 0.3 is 0 Å². The summed E-state index contributed by atoms with van der Waals surface area (Å²) in [6.07, 6.45) is 12.5. The molecule has 3 aliphatic carbocycles. The van der Waals surface area contributed by atoms with E-state index in [1.54, 1.807) is 26.2 Å². The van der Waals surface area contributed by atoms with Gasteiger partial charge in [-0.1, -0.05) is 50.2 Å². The molecular formula is C65H80FN9O8S. The Bertz CT molecular complexity index is 3550. The first kappa shape index (κ1) is 57.8. The maximum absolute atomic E-state index is 15.2. The number of ether oxygens (including phenoxy) is 3. The Labute approximate surface area is 492 Å². The fourth-order valence-electron chi connectivity index (χ4n) is 14.6. The summed E-state index contributed by atoms with van der Waals surface area (Å²) >= 11 is 0. The van der Waals surface area contributed by atoms with E-state index in [1.165, 1.54) is 54.7 Å². The number of pyridine rings is 1. The average molecular weight is 1170 g/mol. The Hall–Kier alpha value is -6.61. The van der Waals surface area contributed by atoms with Crippen LogP contribution in [0.3, 0.4) is 0 Å². The number of aliphatic hydroxyl groups is 1. The Balaban J connectivity index is 0.794. The van der Waals surface area contributed by atoms with Crippen LogP contribution in [0.5, 0.6) is 23.1 Å². The van der Waals surface area contributed by atoms with Crippen molar-refractivity contribution in [1.82, 2.24) is 29.5 Å². The van der Waals surface area contributed by atoms with Gasteiger partial charge in [-0.3, -0.25) is 14.6 Å². The van der Waals surface area contributed by atoms with Crippen molar-refractivity contribution in [3.63, 3.8) is 0 Å². The first-order chi connectivity index (χ1) is 40.4. The highest BCUT2D eigenvalue weighted by Gasteiger charge is 2.52. The van der Waals surface area contributed by atoms with Crippen molar-refractivity contribution in [2.45, 2.75) is 139 Å². The number of sulfonamides is 1. The number of nitrogens with zero attached hydrogens (tertiary/aromatic N) is 5. The van der Waals surface area contributed by atoms with Gasteiger partial charge in [0.2, 0.25) is 0 Å². The third-order valence-corrected chi connectivity index (χ3v) is 20.6. The summed E-state index contributed by atoms with van der Waals surface area (Å²) in [6.45, 7) is 13.6. The molecule has 3 unspecified atom stereocenters. The number of carbonyl (C=O) groups excluding carboxylic acids is 1. The highest BCUT2D eigenvalue weighted by atomic mass is 32.2. The number of carbonyl (C=O) groups is 1. The number of halogens is 1. The molecular weight excluding hydrogens is 1090 g/mol. The molecule has 5 N–H and O–H groups in total. The van der Waals surface area contributed by atoms with E-state index < -0.39 is 27.4 Å². The zero-order valence-electron chi connectivity index (χ0n) is 49.2. The molecule has 0 radical (unpaired) electrons. The monoisotopic (exact) mass is 1170 g/mol. The van der Waals surface area contributed by atoms with Gasteiger partial charge in [-0.2, -0.15) is 0 Å². The number of H-pyrrole nitrogens is 1. The number of piperidine rings is 1. The number of quaternary nitrogens is 1. The van der Waals surface area contributed by atoms with Gasteiger partial charge < -0.3 is 44.8 Å². The molecule has 19 heteroatoms. The number of aromatic nitrogens is 3. The third kappa shape index (κ3) is 11.6. The minimum absolute atomic E-state index is 0.0246. The molecule has 3 aliphatic heterocycles. The second-order valence-corrected chi connectivity index (χ2v) is 27.0. The predicted octanol–water partition coefficient (Wildman–Crippen LogP) is 10.3. The van der Waals surface area contributed by atoms with Crippen LogP contribution in [0.25, 0.3) is 16.9 Å². The van der Waals surface area contributed by atoms with Crippen LogP contribution < -0.4 is 34.2 Å². The molecule has 1 amide bonds. The summed E-state index contributed by atoms with van der Waals surface area (Å²) in [4.78, 5) is 34.3. The molecule has 1 spiro atoms. The lowest BCUT2D eigenvalue weighted by Crippen LogP contribution is -2.98. The summed E-state index contributed by atoms with van der Waals surface area (Å²) in [6, 6.07) is 26.8.